The van der Waals surface area contributed by atoms with Gasteiger partial charge in [0.25, 0.3) is 10.0 Å². The number of aromatic amines is 1. The van der Waals surface area contributed by atoms with Crippen molar-refractivity contribution >= 4 is 66.0 Å². The van der Waals surface area contributed by atoms with Crippen molar-refractivity contribution in [3.05, 3.63) is 26.9 Å². The van der Waals surface area contributed by atoms with Crippen molar-refractivity contribution in [2.45, 2.75) is 11.1 Å². The maximum Gasteiger partial charge on any atom is 0.273 e. The fourth-order valence-electron chi connectivity index (χ4n) is 1.58. The lowest BCUT2D eigenvalue weighted by molar-refractivity contribution is 0.602. The van der Waals surface area contributed by atoms with Gasteiger partial charge in [0.1, 0.15) is 9.73 Å². The lowest BCUT2D eigenvalue weighted by Crippen LogP contribution is -2.14. The summed E-state index contributed by atoms with van der Waals surface area (Å²) in [5.41, 5.74) is 1.58. The number of aromatic nitrogens is 4. The fourth-order valence-corrected chi connectivity index (χ4v) is 4.97. The Kier molecular flexibility index (Phi) is 3.64. The van der Waals surface area contributed by atoms with Crippen LogP contribution in [-0.4, -0.2) is 28.4 Å². The monoisotopic (exact) mass is 407 g/mol. The molecule has 110 valence electrons. The average molecular weight is 409 g/mol. The predicted molar refractivity (Wildman–Crippen MR) is 84.3 cm³/mol. The van der Waals surface area contributed by atoms with Crippen molar-refractivity contribution in [1.29, 1.82) is 0 Å². The number of anilines is 1. The van der Waals surface area contributed by atoms with Gasteiger partial charge in [-0.3, -0.25) is 0 Å². The molecule has 0 aliphatic rings. The Balaban J connectivity index is 2.00. The summed E-state index contributed by atoms with van der Waals surface area (Å²) in [6, 6.07) is 1.56. The summed E-state index contributed by atoms with van der Waals surface area (Å²) in [5.74, 6) is -0.123. The van der Waals surface area contributed by atoms with Gasteiger partial charge in [0.2, 0.25) is 5.95 Å². The van der Waals surface area contributed by atoms with Crippen molar-refractivity contribution in [3.8, 4) is 0 Å². The smallest absolute Gasteiger partial charge is 0.273 e. The Morgan fingerprint density at radius 1 is 1.43 bits per heavy atom. The number of hydrogen-bond donors (Lipinski definition) is 2. The first-order valence-electron chi connectivity index (χ1n) is 5.52. The third kappa shape index (κ3) is 2.76. The normalized spacial score (nSPS) is 12.0. The van der Waals surface area contributed by atoms with E-state index in [2.05, 4.69) is 40.6 Å². The summed E-state index contributed by atoms with van der Waals surface area (Å²) in [5, 5.41) is 0.0961. The van der Waals surface area contributed by atoms with Crippen molar-refractivity contribution < 1.29 is 8.42 Å². The molecule has 3 heterocycles. The SMILES string of the molecule is Cc1cc(S(=O)(=O)Nc2nc(Cl)c3[nH]cnc3n2)sc1Br. The summed E-state index contributed by atoms with van der Waals surface area (Å²) < 4.78 is 27.8. The van der Waals surface area contributed by atoms with E-state index in [4.69, 9.17) is 11.6 Å². The molecule has 0 saturated heterocycles. The summed E-state index contributed by atoms with van der Waals surface area (Å²) in [7, 11) is -3.77. The van der Waals surface area contributed by atoms with Crippen LogP contribution >= 0.6 is 38.9 Å². The van der Waals surface area contributed by atoms with E-state index in [9.17, 15) is 8.42 Å². The van der Waals surface area contributed by atoms with Crippen molar-refractivity contribution in [3.63, 3.8) is 0 Å². The quantitative estimate of drug-likeness (QED) is 0.649. The number of fused-ring (bicyclic) bond motifs is 1. The highest BCUT2D eigenvalue weighted by atomic mass is 79.9. The number of hydrogen-bond acceptors (Lipinski definition) is 6. The van der Waals surface area contributed by atoms with E-state index in [1.54, 1.807) is 6.07 Å². The Morgan fingerprint density at radius 2 is 2.19 bits per heavy atom. The fraction of sp³-hybridized carbons (Fsp3) is 0.100. The third-order valence-electron chi connectivity index (χ3n) is 2.57. The molecule has 0 aromatic carbocycles. The molecule has 21 heavy (non-hydrogen) atoms. The van der Waals surface area contributed by atoms with Gasteiger partial charge < -0.3 is 4.98 Å². The van der Waals surface area contributed by atoms with Crippen LogP contribution < -0.4 is 4.72 Å². The van der Waals surface area contributed by atoms with E-state index in [-0.39, 0.29) is 21.0 Å². The molecular weight excluding hydrogens is 402 g/mol. The van der Waals surface area contributed by atoms with Gasteiger partial charge in [0.05, 0.1) is 10.1 Å². The number of nitrogens with one attached hydrogen (secondary N) is 2. The van der Waals surface area contributed by atoms with Crippen LogP contribution in [-0.2, 0) is 10.0 Å². The zero-order valence-corrected chi connectivity index (χ0v) is 14.4. The van der Waals surface area contributed by atoms with Gasteiger partial charge in [-0.25, -0.2) is 18.1 Å². The molecule has 0 radical (unpaired) electrons. The van der Waals surface area contributed by atoms with Gasteiger partial charge in [0.15, 0.2) is 10.8 Å². The summed E-state index contributed by atoms with van der Waals surface area (Å²) >= 11 is 10.3. The van der Waals surface area contributed by atoms with E-state index < -0.39 is 10.0 Å². The van der Waals surface area contributed by atoms with Crippen LogP contribution in [0.15, 0.2) is 20.4 Å². The minimum absolute atomic E-state index is 0.0961. The topological polar surface area (TPSA) is 101 Å². The van der Waals surface area contributed by atoms with E-state index >= 15 is 0 Å². The molecule has 7 nitrogen and oxygen atoms in total. The van der Waals surface area contributed by atoms with Crippen LogP contribution in [0.2, 0.25) is 5.15 Å². The first-order chi connectivity index (χ1) is 9.87. The average Bonchev–Trinajstić information content (AvgIpc) is 2.97. The lowest BCUT2D eigenvalue weighted by atomic mass is 10.4. The molecule has 0 spiro atoms. The van der Waals surface area contributed by atoms with Crippen LogP contribution in [0.1, 0.15) is 5.56 Å². The van der Waals surface area contributed by atoms with E-state index in [1.807, 2.05) is 6.92 Å². The summed E-state index contributed by atoms with van der Waals surface area (Å²) in [6.07, 6.45) is 1.41. The number of aryl methyl sites for hydroxylation is 1. The van der Waals surface area contributed by atoms with Crippen LogP contribution in [0.3, 0.4) is 0 Å². The summed E-state index contributed by atoms with van der Waals surface area (Å²) in [4.78, 5) is 14.6. The zero-order valence-electron chi connectivity index (χ0n) is 10.4. The number of sulfonamides is 1. The number of rotatable bonds is 3. The highest BCUT2D eigenvalue weighted by molar-refractivity contribution is 9.11. The Morgan fingerprint density at radius 3 is 2.86 bits per heavy atom. The molecule has 0 bridgehead atoms. The van der Waals surface area contributed by atoms with Crippen LogP contribution in [0.5, 0.6) is 0 Å². The molecule has 0 atom stereocenters. The molecule has 0 saturated carbocycles. The molecule has 2 N–H and O–H groups in total. The second kappa shape index (κ2) is 5.20. The standard InChI is InChI=1S/C10H7BrClN5O2S2/c1-4-2-5(20-7(4)11)21(18,19)17-10-15-8(12)6-9(16-10)14-3-13-6/h2-3H,1H3,(H2,13,14,15,16,17). The third-order valence-corrected chi connectivity index (χ3v) is 6.78. The van der Waals surface area contributed by atoms with E-state index in [0.717, 1.165) is 20.7 Å². The number of nitrogens with zero attached hydrogens (tertiary/aromatic N) is 3. The van der Waals surface area contributed by atoms with Crippen molar-refractivity contribution in [2.75, 3.05) is 4.72 Å². The first kappa shape index (κ1) is 14.7. The highest BCUT2D eigenvalue weighted by Crippen LogP contribution is 2.31. The molecule has 0 fully saturated rings. The minimum Gasteiger partial charge on any atom is -0.341 e. The van der Waals surface area contributed by atoms with Gasteiger partial charge >= 0.3 is 0 Å². The van der Waals surface area contributed by atoms with Crippen LogP contribution in [0, 0.1) is 6.92 Å². The molecular formula is C10H7BrClN5O2S2. The highest BCUT2D eigenvalue weighted by Gasteiger charge is 2.20. The molecule has 11 heteroatoms. The predicted octanol–water partition coefficient (Wildman–Crippen LogP) is 2.94. The number of halogens is 2. The van der Waals surface area contributed by atoms with Gasteiger partial charge in [-0.1, -0.05) is 11.6 Å². The molecule has 0 aliphatic heterocycles. The maximum atomic E-state index is 12.3. The van der Waals surface area contributed by atoms with E-state index in [1.165, 1.54) is 6.33 Å². The maximum absolute atomic E-state index is 12.3. The van der Waals surface area contributed by atoms with Gasteiger partial charge in [-0.2, -0.15) is 9.97 Å². The summed E-state index contributed by atoms with van der Waals surface area (Å²) in [6.45, 7) is 1.81. The number of thiophene rings is 1. The second-order valence-electron chi connectivity index (χ2n) is 4.07. The first-order valence-corrected chi connectivity index (χ1v) is 8.99. The molecule has 0 amide bonds. The van der Waals surface area contributed by atoms with Gasteiger partial charge in [0, 0.05) is 0 Å². The molecule has 3 aromatic rings. The van der Waals surface area contributed by atoms with E-state index in [0.29, 0.717) is 5.52 Å². The lowest BCUT2D eigenvalue weighted by Gasteiger charge is -2.04. The number of imidazole rings is 1. The zero-order chi connectivity index (χ0) is 15.2. The molecule has 0 aliphatic carbocycles. The van der Waals surface area contributed by atoms with Gasteiger partial charge in [-0.05, 0) is 34.5 Å². The van der Waals surface area contributed by atoms with Gasteiger partial charge in [-0.15, -0.1) is 11.3 Å². The van der Waals surface area contributed by atoms with Crippen molar-refractivity contribution in [2.24, 2.45) is 0 Å². The Labute approximate surface area is 137 Å². The Bertz CT molecular complexity index is 917. The second-order valence-corrected chi connectivity index (χ2v) is 8.70. The van der Waals surface area contributed by atoms with Crippen molar-refractivity contribution in [1.82, 2.24) is 19.9 Å². The molecule has 0 unspecified atom stereocenters. The largest absolute Gasteiger partial charge is 0.341 e. The molecule has 3 rings (SSSR count). The van der Waals surface area contributed by atoms with Crippen LogP contribution in [0.25, 0.3) is 11.2 Å². The minimum atomic E-state index is -3.77. The number of H-pyrrole nitrogens is 1. The molecule has 3 aromatic heterocycles. The van der Waals surface area contributed by atoms with Crippen LogP contribution in [0.4, 0.5) is 5.95 Å². The Hall–Kier alpha value is -1.23.